The Hall–Kier alpha value is -2.22. The Morgan fingerprint density at radius 1 is 0.559 bits per heavy atom. The first-order chi connectivity index (χ1) is 28.5. The fraction of sp³-hybridized carbons (Fsp3) is 0.717. The second-order valence-corrected chi connectivity index (χ2v) is 16.6. The summed E-state index contributed by atoms with van der Waals surface area (Å²) in [6.07, 6.45) is 34.1. The van der Waals surface area contributed by atoms with Crippen LogP contribution >= 0.6 is 7.82 Å². The van der Waals surface area contributed by atoms with Gasteiger partial charge in [-0.3, -0.25) is 13.8 Å². The van der Waals surface area contributed by atoms with Crippen LogP contribution < -0.4 is 0 Å². The number of aliphatic hydroxyl groups excluding tert-OH is 5. The fourth-order valence-corrected chi connectivity index (χ4v) is 7.27. The average Bonchev–Trinajstić information content (AvgIpc) is 3.22. The van der Waals surface area contributed by atoms with Gasteiger partial charge in [0.05, 0.1) is 13.2 Å². The number of aliphatic hydroxyl groups is 5. The zero-order valence-corrected chi connectivity index (χ0v) is 36.9. The van der Waals surface area contributed by atoms with E-state index in [0.29, 0.717) is 13.0 Å². The molecule has 6 atom stereocenters. The van der Waals surface area contributed by atoms with E-state index in [1.807, 2.05) is 0 Å². The van der Waals surface area contributed by atoms with Gasteiger partial charge in [-0.15, -0.1) is 0 Å². The van der Waals surface area contributed by atoms with Gasteiger partial charge in [0.1, 0.15) is 42.7 Å². The molecule has 6 unspecified atom stereocenters. The predicted molar refractivity (Wildman–Crippen MR) is 235 cm³/mol. The van der Waals surface area contributed by atoms with Gasteiger partial charge in [0.25, 0.3) is 0 Å². The predicted octanol–water partition coefficient (Wildman–Crippen LogP) is 8.80. The third kappa shape index (κ3) is 28.9. The normalized spacial score (nSPS) is 23.2. The maximum atomic E-state index is 12.8. The summed E-state index contributed by atoms with van der Waals surface area (Å²) in [5.41, 5.74) is 0. The quantitative estimate of drug-likeness (QED) is 0.0152. The van der Waals surface area contributed by atoms with E-state index in [0.717, 1.165) is 83.5 Å². The molecule has 0 radical (unpaired) electrons. The van der Waals surface area contributed by atoms with Crippen LogP contribution in [-0.4, -0.2) is 98.9 Å². The molecule has 6 N–H and O–H groups in total. The van der Waals surface area contributed by atoms with Gasteiger partial charge in [-0.1, -0.05) is 151 Å². The van der Waals surface area contributed by atoms with E-state index in [1.54, 1.807) is 0 Å². The van der Waals surface area contributed by atoms with Crippen LogP contribution in [-0.2, 0) is 27.9 Å². The van der Waals surface area contributed by atoms with E-state index < -0.39 is 63.1 Å². The molecule has 0 aromatic rings. The van der Waals surface area contributed by atoms with E-state index in [9.17, 15) is 39.8 Å². The topological polar surface area (TPSA) is 192 Å². The molecule has 1 aliphatic carbocycles. The zero-order chi connectivity index (χ0) is 43.4. The van der Waals surface area contributed by atoms with Crippen molar-refractivity contribution in [2.24, 2.45) is 0 Å². The second-order valence-electron chi connectivity index (χ2n) is 15.2. The van der Waals surface area contributed by atoms with Gasteiger partial charge in [0, 0.05) is 13.0 Å². The van der Waals surface area contributed by atoms with Crippen molar-refractivity contribution in [1.82, 2.24) is 0 Å². The summed E-state index contributed by atoms with van der Waals surface area (Å²) in [7, 11) is -5.02. The van der Waals surface area contributed by atoms with E-state index in [4.69, 9.17) is 18.5 Å². The van der Waals surface area contributed by atoms with Crippen LogP contribution in [0.15, 0.2) is 72.9 Å². The van der Waals surface area contributed by atoms with Crippen molar-refractivity contribution in [2.45, 2.75) is 191 Å². The molecule has 0 bridgehead atoms. The Kier molecular flexibility index (Phi) is 33.8. The van der Waals surface area contributed by atoms with Crippen molar-refractivity contribution in [3.63, 3.8) is 0 Å². The molecule has 12 nitrogen and oxygen atoms in total. The molecule has 0 saturated heterocycles. The Morgan fingerprint density at radius 2 is 1.00 bits per heavy atom. The minimum Gasteiger partial charge on any atom is -0.457 e. The van der Waals surface area contributed by atoms with Crippen LogP contribution in [0, 0.1) is 0 Å². The Balaban J connectivity index is 2.38. The molecule has 0 aliphatic heterocycles. The summed E-state index contributed by atoms with van der Waals surface area (Å²) in [5.74, 6) is -0.505. The first kappa shape index (κ1) is 54.8. The number of allylic oxidation sites excluding steroid dienone is 12. The number of phosphoric ester groups is 1. The van der Waals surface area contributed by atoms with Gasteiger partial charge in [-0.25, -0.2) is 4.57 Å². The molecular weight excluding hydrogens is 775 g/mol. The molecule has 0 spiro atoms. The molecule has 0 aromatic carbocycles. The number of unbranched alkanes of at least 4 members (excludes halogenated alkanes) is 12. The molecule has 0 aromatic heterocycles. The number of carbonyl (C=O) groups excluding carboxylic acids is 1. The van der Waals surface area contributed by atoms with Crippen LogP contribution in [0.25, 0.3) is 0 Å². The Labute approximate surface area is 355 Å². The second kappa shape index (κ2) is 36.4. The highest BCUT2D eigenvalue weighted by molar-refractivity contribution is 7.47. The number of hydrogen-bond acceptors (Lipinski definition) is 11. The standard InChI is InChI=1S/C46H79O12P/c1-3-5-7-9-11-13-14-15-16-17-18-19-20-21-22-23-24-25-26-27-29-31-33-35-40(47)57-39(37-55-36-34-32-30-28-12-10-8-6-4-2)38-56-59(53,54)58-46-44(51)42(49)41(48)43(50)45(46)52/h5,7,11,13,15-16,18-19,21-22,24-25,39,41-46,48-52H,3-4,6,8-10,12,14,17,20,23,26-38H2,1-2H3,(H,53,54)/b7-5-,13-11-,16-15-,19-18-,22-21-,25-24-. The van der Waals surface area contributed by atoms with Crippen LogP contribution in [0.4, 0.5) is 0 Å². The molecule has 59 heavy (non-hydrogen) atoms. The van der Waals surface area contributed by atoms with Crippen molar-refractivity contribution in [2.75, 3.05) is 19.8 Å². The minimum atomic E-state index is -5.02. The molecule has 340 valence electrons. The number of carbonyl (C=O) groups is 1. The molecule has 1 rings (SSSR count). The maximum absolute atomic E-state index is 12.8. The smallest absolute Gasteiger partial charge is 0.457 e. The monoisotopic (exact) mass is 855 g/mol. The first-order valence-corrected chi connectivity index (χ1v) is 23.8. The van der Waals surface area contributed by atoms with Gasteiger partial charge >= 0.3 is 13.8 Å². The number of ether oxygens (including phenoxy) is 2. The van der Waals surface area contributed by atoms with Crippen molar-refractivity contribution >= 4 is 13.8 Å². The van der Waals surface area contributed by atoms with Gasteiger partial charge in [-0.2, -0.15) is 0 Å². The summed E-state index contributed by atoms with van der Waals surface area (Å²) >= 11 is 0. The summed E-state index contributed by atoms with van der Waals surface area (Å²) in [6, 6.07) is 0. The maximum Gasteiger partial charge on any atom is 0.472 e. The van der Waals surface area contributed by atoms with E-state index in [1.165, 1.54) is 38.5 Å². The van der Waals surface area contributed by atoms with Gasteiger partial charge in [0.15, 0.2) is 0 Å². The first-order valence-electron chi connectivity index (χ1n) is 22.3. The third-order valence-electron chi connectivity index (χ3n) is 9.84. The molecule has 13 heteroatoms. The fourth-order valence-electron chi connectivity index (χ4n) is 6.30. The van der Waals surface area contributed by atoms with Crippen molar-refractivity contribution < 1.29 is 58.3 Å². The summed E-state index contributed by atoms with van der Waals surface area (Å²) in [5, 5.41) is 50.1. The lowest BCUT2D eigenvalue weighted by Crippen LogP contribution is -2.64. The number of phosphoric acid groups is 1. The van der Waals surface area contributed by atoms with Gasteiger partial charge < -0.3 is 39.9 Å². The molecule has 1 fully saturated rings. The van der Waals surface area contributed by atoms with Gasteiger partial charge in [-0.05, 0) is 64.2 Å². The SMILES string of the molecule is CC/C=C\C/C=C\C/C=C\C/C=C\C/C=C\C/C=C\CCCCCCC(=O)OC(COCCCCCCCCCCC)COP(=O)(O)OC1C(O)C(O)C(O)C(O)C1O. The van der Waals surface area contributed by atoms with Crippen LogP contribution in [0.1, 0.15) is 149 Å². The lowest BCUT2D eigenvalue weighted by atomic mass is 9.85. The highest BCUT2D eigenvalue weighted by Gasteiger charge is 2.51. The van der Waals surface area contributed by atoms with E-state index in [-0.39, 0.29) is 13.0 Å². The lowest BCUT2D eigenvalue weighted by Gasteiger charge is -2.41. The highest BCUT2D eigenvalue weighted by Crippen LogP contribution is 2.47. The highest BCUT2D eigenvalue weighted by atomic mass is 31.2. The largest absolute Gasteiger partial charge is 0.472 e. The molecule has 0 amide bonds. The molecular formula is C46H79O12P. The lowest BCUT2D eigenvalue weighted by molar-refractivity contribution is -0.220. The zero-order valence-electron chi connectivity index (χ0n) is 36.0. The summed E-state index contributed by atoms with van der Waals surface area (Å²) in [6.45, 7) is 4.07. The molecule has 1 aliphatic rings. The van der Waals surface area contributed by atoms with Gasteiger partial charge in [0.2, 0.25) is 0 Å². The summed E-state index contributed by atoms with van der Waals surface area (Å²) in [4.78, 5) is 23.1. The number of esters is 1. The van der Waals surface area contributed by atoms with E-state index >= 15 is 0 Å². The molecule has 0 heterocycles. The van der Waals surface area contributed by atoms with Crippen molar-refractivity contribution in [1.29, 1.82) is 0 Å². The molecule has 1 saturated carbocycles. The third-order valence-corrected chi connectivity index (χ3v) is 10.8. The van der Waals surface area contributed by atoms with Crippen LogP contribution in [0.3, 0.4) is 0 Å². The van der Waals surface area contributed by atoms with Crippen LogP contribution in [0.5, 0.6) is 0 Å². The van der Waals surface area contributed by atoms with Crippen LogP contribution in [0.2, 0.25) is 0 Å². The Bertz CT molecular complexity index is 1250. The van der Waals surface area contributed by atoms with Crippen molar-refractivity contribution in [3.8, 4) is 0 Å². The average molecular weight is 855 g/mol. The number of hydrogen-bond donors (Lipinski definition) is 6. The minimum absolute atomic E-state index is 0.0903. The number of rotatable bonds is 36. The van der Waals surface area contributed by atoms with Crippen molar-refractivity contribution in [3.05, 3.63) is 72.9 Å². The summed E-state index contributed by atoms with van der Waals surface area (Å²) < 4.78 is 34.0. The van der Waals surface area contributed by atoms with E-state index in [2.05, 4.69) is 86.8 Å². The Morgan fingerprint density at radius 3 is 1.53 bits per heavy atom.